The highest BCUT2D eigenvalue weighted by Crippen LogP contribution is 2.08. The monoisotopic (exact) mass is 225 g/mol. The zero-order valence-electron chi connectivity index (χ0n) is 9.52. The molecule has 1 heterocycles. The third-order valence-electron chi connectivity index (χ3n) is 1.91. The smallest absolute Gasteiger partial charge is 0.325 e. The number of aliphatic carboxylic acids is 1. The van der Waals surface area contributed by atoms with Crippen LogP contribution in [-0.2, 0) is 16.1 Å². The fourth-order valence-corrected chi connectivity index (χ4v) is 1.18. The molecular formula is C10H15N3O3. The van der Waals surface area contributed by atoms with Gasteiger partial charge in [0.25, 0.3) is 0 Å². The number of hydrogen-bond acceptors (Lipinski definition) is 5. The molecule has 6 heteroatoms. The Hall–Kier alpha value is -1.69. The van der Waals surface area contributed by atoms with E-state index in [-0.39, 0.29) is 0 Å². The predicted molar refractivity (Wildman–Crippen MR) is 58.2 cm³/mol. The van der Waals surface area contributed by atoms with Crippen LogP contribution < -0.4 is 5.32 Å². The number of aromatic nitrogens is 2. The van der Waals surface area contributed by atoms with Crippen molar-refractivity contribution in [2.45, 2.75) is 26.5 Å². The van der Waals surface area contributed by atoms with Gasteiger partial charge in [-0.1, -0.05) is 0 Å². The van der Waals surface area contributed by atoms with Crippen LogP contribution in [-0.4, -0.2) is 34.2 Å². The van der Waals surface area contributed by atoms with E-state index in [9.17, 15) is 4.79 Å². The number of methoxy groups -OCH3 is 1. The molecule has 1 aromatic heterocycles. The molecule has 0 fully saturated rings. The molecule has 0 aliphatic carbocycles. The summed E-state index contributed by atoms with van der Waals surface area (Å²) in [6.45, 7) is 3.67. The molecule has 0 saturated heterocycles. The van der Waals surface area contributed by atoms with E-state index in [0.717, 1.165) is 5.69 Å². The van der Waals surface area contributed by atoms with Gasteiger partial charge in [0.15, 0.2) is 5.82 Å². The van der Waals surface area contributed by atoms with Crippen molar-refractivity contribution < 1.29 is 14.6 Å². The van der Waals surface area contributed by atoms with E-state index in [4.69, 9.17) is 9.84 Å². The number of aryl methyl sites for hydroxylation is 1. The van der Waals surface area contributed by atoms with E-state index in [1.165, 1.54) is 0 Å². The van der Waals surface area contributed by atoms with Gasteiger partial charge >= 0.3 is 5.97 Å². The molecule has 16 heavy (non-hydrogen) atoms. The molecule has 0 saturated carbocycles. The molecule has 0 spiro atoms. The SMILES string of the molecule is COCc1nc(C)cc(N[C@H](C)C(=O)O)n1. The summed E-state index contributed by atoms with van der Waals surface area (Å²) < 4.78 is 4.92. The Morgan fingerprint density at radius 2 is 2.31 bits per heavy atom. The highest BCUT2D eigenvalue weighted by molar-refractivity contribution is 5.76. The van der Waals surface area contributed by atoms with Gasteiger partial charge in [0.2, 0.25) is 0 Å². The van der Waals surface area contributed by atoms with Crippen LogP contribution in [0.3, 0.4) is 0 Å². The number of carbonyl (C=O) groups is 1. The van der Waals surface area contributed by atoms with E-state index in [0.29, 0.717) is 18.2 Å². The molecule has 0 aliphatic heterocycles. The number of carboxylic acids is 1. The number of nitrogens with zero attached hydrogens (tertiary/aromatic N) is 2. The van der Waals surface area contributed by atoms with Crippen molar-refractivity contribution in [2.24, 2.45) is 0 Å². The molecule has 0 bridgehead atoms. The van der Waals surface area contributed by atoms with E-state index in [1.807, 2.05) is 6.92 Å². The molecule has 88 valence electrons. The van der Waals surface area contributed by atoms with Crippen molar-refractivity contribution in [1.82, 2.24) is 9.97 Å². The second-order valence-electron chi connectivity index (χ2n) is 3.45. The molecule has 1 aromatic rings. The van der Waals surface area contributed by atoms with Gasteiger partial charge in [-0.3, -0.25) is 4.79 Å². The first kappa shape index (κ1) is 12.4. The van der Waals surface area contributed by atoms with Gasteiger partial charge < -0.3 is 15.2 Å². The van der Waals surface area contributed by atoms with Crippen LogP contribution in [0.5, 0.6) is 0 Å². The predicted octanol–water partition coefficient (Wildman–Crippen LogP) is 0.816. The van der Waals surface area contributed by atoms with E-state index < -0.39 is 12.0 Å². The summed E-state index contributed by atoms with van der Waals surface area (Å²) in [6, 6.07) is 1.00. The third kappa shape index (κ3) is 3.47. The molecule has 1 rings (SSSR count). The Labute approximate surface area is 93.7 Å². The van der Waals surface area contributed by atoms with Crippen molar-refractivity contribution in [3.63, 3.8) is 0 Å². The minimum Gasteiger partial charge on any atom is -0.480 e. The molecule has 0 amide bonds. The maximum absolute atomic E-state index is 10.7. The lowest BCUT2D eigenvalue weighted by Crippen LogP contribution is -2.26. The summed E-state index contributed by atoms with van der Waals surface area (Å²) in [6.07, 6.45) is 0. The molecule has 0 radical (unpaired) electrons. The molecular weight excluding hydrogens is 210 g/mol. The zero-order chi connectivity index (χ0) is 12.1. The number of rotatable bonds is 5. The topological polar surface area (TPSA) is 84.3 Å². The first-order valence-corrected chi connectivity index (χ1v) is 4.85. The van der Waals surface area contributed by atoms with E-state index in [1.54, 1.807) is 20.1 Å². The Balaban J connectivity index is 2.83. The van der Waals surface area contributed by atoms with Crippen LogP contribution in [0.25, 0.3) is 0 Å². The van der Waals surface area contributed by atoms with Crippen LogP contribution >= 0.6 is 0 Å². The van der Waals surface area contributed by atoms with Gasteiger partial charge in [0.05, 0.1) is 0 Å². The number of ether oxygens (including phenoxy) is 1. The number of carboxylic acid groups (broad SMARTS) is 1. The van der Waals surface area contributed by atoms with Crippen LogP contribution in [0, 0.1) is 6.92 Å². The van der Waals surface area contributed by atoms with Gasteiger partial charge in [-0.25, -0.2) is 9.97 Å². The quantitative estimate of drug-likeness (QED) is 0.771. The lowest BCUT2D eigenvalue weighted by atomic mass is 10.3. The fourth-order valence-electron chi connectivity index (χ4n) is 1.18. The molecule has 0 aromatic carbocycles. The molecule has 6 nitrogen and oxygen atoms in total. The van der Waals surface area contributed by atoms with E-state index in [2.05, 4.69) is 15.3 Å². The largest absolute Gasteiger partial charge is 0.480 e. The van der Waals surface area contributed by atoms with Gasteiger partial charge in [0.1, 0.15) is 18.5 Å². The van der Waals surface area contributed by atoms with E-state index >= 15 is 0 Å². The average Bonchev–Trinajstić information content (AvgIpc) is 2.16. The summed E-state index contributed by atoms with van der Waals surface area (Å²) in [4.78, 5) is 19.0. The molecule has 0 unspecified atom stereocenters. The van der Waals surface area contributed by atoms with Crippen molar-refractivity contribution in [3.8, 4) is 0 Å². The second-order valence-corrected chi connectivity index (χ2v) is 3.45. The lowest BCUT2D eigenvalue weighted by Gasteiger charge is -2.11. The first-order valence-electron chi connectivity index (χ1n) is 4.85. The van der Waals surface area contributed by atoms with Gasteiger partial charge in [0, 0.05) is 18.9 Å². The average molecular weight is 225 g/mol. The van der Waals surface area contributed by atoms with Crippen LogP contribution in [0.15, 0.2) is 6.07 Å². The normalized spacial score (nSPS) is 12.2. The minimum absolute atomic E-state index is 0.303. The Morgan fingerprint density at radius 1 is 1.62 bits per heavy atom. The summed E-state index contributed by atoms with van der Waals surface area (Å²) in [7, 11) is 1.55. The Morgan fingerprint density at radius 3 is 2.88 bits per heavy atom. The summed E-state index contributed by atoms with van der Waals surface area (Å²) >= 11 is 0. The Bertz CT molecular complexity index is 382. The second kappa shape index (κ2) is 5.41. The molecule has 1 atom stereocenters. The molecule has 2 N–H and O–H groups in total. The minimum atomic E-state index is -0.926. The van der Waals surface area contributed by atoms with Crippen molar-refractivity contribution in [3.05, 3.63) is 17.6 Å². The van der Waals surface area contributed by atoms with Crippen molar-refractivity contribution >= 4 is 11.8 Å². The van der Waals surface area contributed by atoms with Gasteiger partial charge in [-0.15, -0.1) is 0 Å². The van der Waals surface area contributed by atoms with Crippen molar-refractivity contribution in [2.75, 3.05) is 12.4 Å². The first-order chi connectivity index (χ1) is 7.52. The molecule has 0 aliphatic rings. The highest BCUT2D eigenvalue weighted by atomic mass is 16.5. The fraction of sp³-hybridized carbons (Fsp3) is 0.500. The van der Waals surface area contributed by atoms with Gasteiger partial charge in [-0.05, 0) is 13.8 Å². The van der Waals surface area contributed by atoms with Crippen LogP contribution in [0.4, 0.5) is 5.82 Å². The number of hydrogen-bond donors (Lipinski definition) is 2. The lowest BCUT2D eigenvalue weighted by molar-refractivity contribution is -0.137. The third-order valence-corrected chi connectivity index (χ3v) is 1.91. The maximum Gasteiger partial charge on any atom is 0.325 e. The summed E-state index contributed by atoms with van der Waals surface area (Å²) in [5.41, 5.74) is 0.766. The summed E-state index contributed by atoms with van der Waals surface area (Å²) in [5, 5.41) is 11.5. The maximum atomic E-state index is 10.7. The van der Waals surface area contributed by atoms with Crippen LogP contribution in [0.2, 0.25) is 0 Å². The number of anilines is 1. The van der Waals surface area contributed by atoms with Gasteiger partial charge in [-0.2, -0.15) is 0 Å². The Kier molecular flexibility index (Phi) is 4.19. The van der Waals surface area contributed by atoms with Crippen molar-refractivity contribution in [1.29, 1.82) is 0 Å². The zero-order valence-corrected chi connectivity index (χ0v) is 9.52. The highest BCUT2D eigenvalue weighted by Gasteiger charge is 2.11. The standard InChI is InChI=1S/C10H15N3O3/c1-6-4-8(12-7(2)10(14)15)13-9(11-6)5-16-3/h4,7H,5H2,1-3H3,(H,14,15)(H,11,12,13)/t7-/m1/s1. The number of nitrogens with one attached hydrogen (secondary N) is 1. The van der Waals surface area contributed by atoms with Crippen LogP contribution in [0.1, 0.15) is 18.4 Å². The summed E-state index contributed by atoms with van der Waals surface area (Å²) in [5.74, 6) is 0.0987.